The number of nitrogens with one attached hydrogen (secondary N) is 1. The molecule has 1 aromatic heterocycles. The van der Waals surface area contributed by atoms with Crippen LogP contribution in [0.25, 0.3) is 30.0 Å². The predicted molar refractivity (Wildman–Crippen MR) is 161 cm³/mol. The summed E-state index contributed by atoms with van der Waals surface area (Å²) in [4.78, 5) is 0.186. The fraction of sp³-hybridized carbons (Fsp3) is 0.194. The monoisotopic (exact) mass is 575 g/mol. The van der Waals surface area contributed by atoms with Gasteiger partial charge in [-0.2, -0.15) is 5.10 Å². The Labute approximate surface area is 240 Å². The molecule has 214 valence electrons. The third kappa shape index (κ3) is 6.97. The predicted octanol–water partition coefficient (Wildman–Crippen LogP) is 5.55. The van der Waals surface area contributed by atoms with Crippen LogP contribution in [0.3, 0.4) is 0 Å². The van der Waals surface area contributed by atoms with E-state index < -0.39 is 10.0 Å². The van der Waals surface area contributed by atoms with E-state index in [1.54, 1.807) is 64.3 Å². The highest BCUT2D eigenvalue weighted by molar-refractivity contribution is 7.89. The zero-order valence-corrected chi connectivity index (χ0v) is 24.4. The average molecular weight is 576 g/mol. The highest BCUT2D eigenvalue weighted by atomic mass is 32.2. The molecule has 0 aliphatic carbocycles. The molecule has 0 saturated carbocycles. The van der Waals surface area contributed by atoms with Gasteiger partial charge in [-0.1, -0.05) is 31.2 Å². The SMILES string of the molecule is CCNS(=O)(=O)c1ccc(-n2nc(/C=C/c3ccc(OC)c(OC)c3)cc2/C=C/c2ccc(OC)c(OC)c2)cc1. The molecule has 0 atom stereocenters. The molecule has 1 heterocycles. The van der Waals surface area contributed by atoms with Gasteiger partial charge in [-0.3, -0.25) is 0 Å². The van der Waals surface area contributed by atoms with E-state index in [9.17, 15) is 8.42 Å². The Kier molecular flexibility index (Phi) is 9.49. The van der Waals surface area contributed by atoms with Crippen molar-refractivity contribution in [3.05, 3.63) is 89.2 Å². The normalized spacial score (nSPS) is 11.7. The molecule has 41 heavy (non-hydrogen) atoms. The summed E-state index contributed by atoms with van der Waals surface area (Å²) >= 11 is 0. The Balaban J connectivity index is 1.72. The lowest BCUT2D eigenvalue weighted by molar-refractivity contribution is 0.355. The molecule has 0 saturated heterocycles. The largest absolute Gasteiger partial charge is 0.493 e. The topological polar surface area (TPSA) is 101 Å². The zero-order valence-electron chi connectivity index (χ0n) is 23.6. The first-order valence-electron chi connectivity index (χ1n) is 12.8. The lowest BCUT2D eigenvalue weighted by Crippen LogP contribution is -2.23. The Morgan fingerprint density at radius 3 is 1.76 bits per heavy atom. The summed E-state index contributed by atoms with van der Waals surface area (Å²) in [6.07, 6.45) is 7.71. The van der Waals surface area contributed by atoms with Crippen LogP contribution < -0.4 is 23.7 Å². The number of hydrogen-bond donors (Lipinski definition) is 1. The Morgan fingerprint density at radius 2 is 1.24 bits per heavy atom. The van der Waals surface area contributed by atoms with Gasteiger partial charge < -0.3 is 18.9 Å². The average Bonchev–Trinajstić information content (AvgIpc) is 3.41. The maximum atomic E-state index is 12.4. The minimum atomic E-state index is -3.57. The van der Waals surface area contributed by atoms with Crippen molar-refractivity contribution in [3.8, 4) is 28.7 Å². The summed E-state index contributed by atoms with van der Waals surface area (Å²) in [6, 6.07) is 19.8. The third-order valence-corrected chi connectivity index (χ3v) is 7.75. The van der Waals surface area contributed by atoms with Gasteiger partial charge in [0.05, 0.1) is 50.4 Å². The zero-order chi connectivity index (χ0) is 29.4. The number of sulfonamides is 1. The number of ether oxygens (including phenoxy) is 4. The minimum absolute atomic E-state index is 0.186. The van der Waals surface area contributed by atoms with Crippen LogP contribution in [0.4, 0.5) is 0 Å². The third-order valence-electron chi connectivity index (χ3n) is 6.19. The number of benzene rings is 3. The molecule has 0 bridgehead atoms. The van der Waals surface area contributed by atoms with E-state index in [-0.39, 0.29) is 4.90 Å². The molecule has 0 amide bonds. The summed E-state index contributed by atoms with van der Waals surface area (Å²) in [5.41, 5.74) is 4.02. The molecule has 10 heteroatoms. The van der Waals surface area contributed by atoms with Crippen molar-refractivity contribution in [3.63, 3.8) is 0 Å². The van der Waals surface area contributed by atoms with Crippen molar-refractivity contribution in [2.75, 3.05) is 35.0 Å². The summed E-state index contributed by atoms with van der Waals surface area (Å²) in [5, 5.41) is 4.79. The van der Waals surface area contributed by atoms with E-state index in [1.807, 2.05) is 66.8 Å². The first kappa shape index (κ1) is 29.4. The number of methoxy groups -OCH3 is 4. The van der Waals surface area contributed by atoms with Crippen molar-refractivity contribution < 1.29 is 27.4 Å². The van der Waals surface area contributed by atoms with E-state index in [1.165, 1.54) is 0 Å². The van der Waals surface area contributed by atoms with Crippen LogP contribution in [-0.4, -0.2) is 53.2 Å². The molecule has 4 aromatic rings. The van der Waals surface area contributed by atoms with Crippen molar-refractivity contribution in [1.29, 1.82) is 0 Å². The van der Waals surface area contributed by atoms with Gasteiger partial charge in [-0.05, 0) is 77.9 Å². The van der Waals surface area contributed by atoms with Crippen molar-refractivity contribution >= 4 is 34.3 Å². The molecule has 0 radical (unpaired) electrons. The van der Waals surface area contributed by atoms with Gasteiger partial charge in [0.1, 0.15) is 0 Å². The lowest BCUT2D eigenvalue weighted by atomic mass is 10.1. The fourth-order valence-corrected chi connectivity index (χ4v) is 5.18. The van der Waals surface area contributed by atoms with Gasteiger partial charge in [-0.25, -0.2) is 17.8 Å². The van der Waals surface area contributed by atoms with Crippen LogP contribution in [0.15, 0.2) is 71.6 Å². The highest BCUT2D eigenvalue weighted by Crippen LogP contribution is 2.30. The molecule has 0 unspecified atom stereocenters. The molecule has 4 rings (SSSR count). The lowest BCUT2D eigenvalue weighted by Gasteiger charge is -2.08. The second-order valence-electron chi connectivity index (χ2n) is 8.80. The molecule has 0 aliphatic rings. The van der Waals surface area contributed by atoms with Crippen molar-refractivity contribution in [1.82, 2.24) is 14.5 Å². The smallest absolute Gasteiger partial charge is 0.240 e. The number of nitrogens with zero attached hydrogens (tertiary/aromatic N) is 2. The number of rotatable bonds is 12. The van der Waals surface area contributed by atoms with Gasteiger partial charge in [0.25, 0.3) is 0 Å². The number of hydrogen-bond acceptors (Lipinski definition) is 7. The molecule has 0 fully saturated rings. The first-order valence-corrected chi connectivity index (χ1v) is 14.3. The Bertz CT molecular complexity index is 1660. The van der Waals surface area contributed by atoms with Crippen molar-refractivity contribution in [2.45, 2.75) is 11.8 Å². The quantitative estimate of drug-likeness (QED) is 0.237. The maximum Gasteiger partial charge on any atom is 0.240 e. The molecular weight excluding hydrogens is 542 g/mol. The van der Waals surface area contributed by atoms with Gasteiger partial charge in [0.2, 0.25) is 10.0 Å². The van der Waals surface area contributed by atoms with Crippen molar-refractivity contribution in [2.24, 2.45) is 0 Å². The van der Waals surface area contributed by atoms with E-state index >= 15 is 0 Å². The van der Waals surface area contributed by atoms with E-state index in [0.717, 1.165) is 16.8 Å². The van der Waals surface area contributed by atoms with Crippen LogP contribution in [0, 0.1) is 0 Å². The summed E-state index contributed by atoms with van der Waals surface area (Å²) in [7, 11) is 2.81. The molecule has 3 aromatic carbocycles. The van der Waals surface area contributed by atoms with Crippen LogP contribution >= 0.6 is 0 Å². The van der Waals surface area contributed by atoms with Crippen LogP contribution in [0.5, 0.6) is 23.0 Å². The van der Waals surface area contributed by atoms with Gasteiger partial charge in [0.15, 0.2) is 23.0 Å². The molecule has 9 nitrogen and oxygen atoms in total. The second kappa shape index (κ2) is 13.2. The molecular formula is C31H33N3O6S. The van der Waals surface area contributed by atoms with Crippen LogP contribution in [0.1, 0.15) is 29.4 Å². The van der Waals surface area contributed by atoms with E-state index in [0.29, 0.717) is 40.9 Å². The highest BCUT2D eigenvalue weighted by Gasteiger charge is 2.14. The van der Waals surface area contributed by atoms with Crippen LogP contribution in [-0.2, 0) is 10.0 Å². The number of aromatic nitrogens is 2. The molecule has 0 aliphatic heterocycles. The summed E-state index contributed by atoms with van der Waals surface area (Å²) in [5.74, 6) is 2.55. The summed E-state index contributed by atoms with van der Waals surface area (Å²) in [6.45, 7) is 2.05. The minimum Gasteiger partial charge on any atom is -0.493 e. The van der Waals surface area contributed by atoms with Gasteiger partial charge >= 0.3 is 0 Å². The van der Waals surface area contributed by atoms with E-state index in [2.05, 4.69) is 4.72 Å². The Morgan fingerprint density at radius 1 is 0.707 bits per heavy atom. The second-order valence-corrected chi connectivity index (χ2v) is 10.6. The molecule has 1 N–H and O–H groups in total. The molecule has 0 spiro atoms. The fourth-order valence-electron chi connectivity index (χ4n) is 4.14. The van der Waals surface area contributed by atoms with E-state index in [4.69, 9.17) is 24.0 Å². The first-order chi connectivity index (χ1) is 19.8. The van der Waals surface area contributed by atoms with Crippen LogP contribution in [0.2, 0.25) is 0 Å². The maximum absolute atomic E-state index is 12.4. The Hall–Kier alpha value is -4.54. The van der Waals surface area contributed by atoms with Gasteiger partial charge in [-0.15, -0.1) is 0 Å². The van der Waals surface area contributed by atoms with Gasteiger partial charge in [0, 0.05) is 6.54 Å². The standard InChI is InChI=1S/C31H33N3O6S/c1-6-32-41(35,36)27-15-13-25(14-16-27)34-26(12-8-23-10-18-29(38-3)31(20-23)40-5)21-24(33-34)11-7-22-9-17-28(37-2)30(19-22)39-4/h7-21,32H,6H2,1-5H3/b11-7+,12-8+. The summed E-state index contributed by atoms with van der Waals surface area (Å²) < 4.78 is 50.6.